The summed E-state index contributed by atoms with van der Waals surface area (Å²) in [5, 5.41) is 0. The summed E-state index contributed by atoms with van der Waals surface area (Å²) < 4.78 is 0. The van der Waals surface area contributed by atoms with Crippen molar-refractivity contribution in [1.29, 1.82) is 0 Å². The van der Waals surface area contributed by atoms with E-state index in [1.54, 1.807) is 0 Å². The van der Waals surface area contributed by atoms with Crippen LogP contribution in [0.1, 0.15) is 39.5 Å². The van der Waals surface area contributed by atoms with Crippen LogP contribution in [0.2, 0.25) is 0 Å². The predicted octanol–water partition coefficient (Wildman–Crippen LogP) is 4.65. The van der Waals surface area contributed by atoms with Gasteiger partial charge in [-0.3, -0.25) is 0 Å². The maximum absolute atomic E-state index is 2.38. The van der Waals surface area contributed by atoms with Gasteiger partial charge in [-0.15, -0.1) is 0 Å². The Morgan fingerprint density at radius 1 is 0.818 bits per heavy atom. The molecule has 22 heavy (non-hydrogen) atoms. The van der Waals surface area contributed by atoms with E-state index in [1.807, 2.05) is 0 Å². The van der Waals surface area contributed by atoms with Crippen LogP contribution in [0.25, 0.3) is 0 Å². The van der Waals surface area contributed by atoms with Crippen LogP contribution in [0.15, 0.2) is 60.0 Å². The van der Waals surface area contributed by atoms with Crippen molar-refractivity contribution in [3.8, 4) is 0 Å². The Hall–Kier alpha value is -1.70. The van der Waals surface area contributed by atoms with Gasteiger partial charge in [0.1, 0.15) is 0 Å². The smallest absolute Gasteiger partial charge is 0.0362 e. The fourth-order valence-corrected chi connectivity index (χ4v) is 2.58. The van der Waals surface area contributed by atoms with Gasteiger partial charge in [-0.25, -0.2) is 0 Å². The van der Waals surface area contributed by atoms with Gasteiger partial charge < -0.3 is 9.80 Å². The molecule has 0 bridgehead atoms. The molecule has 0 aromatic heterocycles. The third kappa shape index (κ3) is 5.59. The maximum atomic E-state index is 2.38. The fraction of sp³-hybridized carbons (Fsp3) is 0.500. The van der Waals surface area contributed by atoms with Crippen LogP contribution in [-0.4, -0.2) is 36.0 Å². The van der Waals surface area contributed by atoms with Crippen molar-refractivity contribution in [2.45, 2.75) is 39.5 Å². The molecular formula is C20H30N2. The van der Waals surface area contributed by atoms with Gasteiger partial charge in [0.05, 0.1) is 0 Å². The van der Waals surface area contributed by atoms with Gasteiger partial charge in [-0.05, 0) is 48.5 Å². The summed E-state index contributed by atoms with van der Waals surface area (Å²) in [7, 11) is 0. The fourth-order valence-electron chi connectivity index (χ4n) is 2.58. The second-order valence-corrected chi connectivity index (χ2v) is 6.07. The molecule has 0 radical (unpaired) electrons. The molecule has 0 saturated carbocycles. The first-order valence-corrected chi connectivity index (χ1v) is 8.74. The van der Waals surface area contributed by atoms with Crippen LogP contribution in [0, 0.1) is 0 Å². The zero-order chi connectivity index (χ0) is 15.6. The number of hydrogen-bond acceptors (Lipinski definition) is 2. The maximum Gasteiger partial charge on any atom is 0.0362 e. The van der Waals surface area contributed by atoms with Crippen LogP contribution >= 0.6 is 0 Å². The number of nitrogens with zero attached hydrogens (tertiary/aromatic N) is 2. The lowest BCUT2D eigenvalue weighted by molar-refractivity contribution is 0.399. The van der Waals surface area contributed by atoms with Crippen molar-refractivity contribution in [2.24, 2.45) is 0 Å². The molecule has 0 aromatic rings. The summed E-state index contributed by atoms with van der Waals surface area (Å²) >= 11 is 0. The van der Waals surface area contributed by atoms with Crippen LogP contribution in [0.3, 0.4) is 0 Å². The van der Waals surface area contributed by atoms with Crippen molar-refractivity contribution in [2.75, 3.05) is 26.2 Å². The van der Waals surface area contributed by atoms with E-state index >= 15 is 0 Å². The van der Waals surface area contributed by atoms with Crippen molar-refractivity contribution in [3.63, 3.8) is 0 Å². The van der Waals surface area contributed by atoms with E-state index < -0.39 is 0 Å². The normalized spacial score (nSPS) is 18.1. The third-order valence-corrected chi connectivity index (χ3v) is 4.14. The van der Waals surface area contributed by atoms with Crippen LogP contribution < -0.4 is 0 Å². The Kier molecular flexibility index (Phi) is 7.08. The average Bonchev–Trinajstić information content (AvgIpc) is 2.58. The molecule has 2 aliphatic rings. The Morgan fingerprint density at radius 2 is 1.27 bits per heavy atom. The highest BCUT2D eigenvalue weighted by Gasteiger charge is 2.04. The zero-order valence-corrected chi connectivity index (χ0v) is 14.2. The zero-order valence-electron chi connectivity index (χ0n) is 14.2. The Morgan fingerprint density at radius 3 is 1.59 bits per heavy atom. The molecule has 0 aliphatic carbocycles. The quantitative estimate of drug-likeness (QED) is 0.643. The van der Waals surface area contributed by atoms with Gasteiger partial charge in [0.25, 0.3) is 0 Å². The standard InChI is InChI=1S/C20H30N2/c1-3-5-13-21-15-9-19(10-16-21)7-8-20-11-17-22(18-12-20)14-6-4-2/h7-12,15,17H,3-6,13-14,16,18H2,1-2H3. The summed E-state index contributed by atoms with van der Waals surface area (Å²) in [5.74, 6) is 0. The topological polar surface area (TPSA) is 6.48 Å². The number of unbranched alkanes of at least 4 members (excludes halogenated alkanes) is 2. The van der Waals surface area contributed by atoms with E-state index in [0.717, 1.165) is 13.1 Å². The SMILES string of the molecule is CCCCN1C=CC(C=CC2=CCN(CCCC)C=C2)=CC1. The van der Waals surface area contributed by atoms with Crippen LogP contribution in [0.5, 0.6) is 0 Å². The molecule has 0 saturated heterocycles. The summed E-state index contributed by atoms with van der Waals surface area (Å²) in [6.45, 7) is 8.90. The highest BCUT2D eigenvalue weighted by Crippen LogP contribution is 2.13. The number of hydrogen-bond donors (Lipinski definition) is 0. The predicted molar refractivity (Wildman–Crippen MR) is 96.5 cm³/mol. The Balaban J connectivity index is 1.77. The monoisotopic (exact) mass is 298 g/mol. The molecular weight excluding hydrogens is 268 g/mol. The highest BCUT2D eigenvalue weighted by atomic mass is 15.1. The van der Waals surface area contributed by atoms with Crippen molar-refractivity contribution >= 4 is 0 Å². The van der Waals surface area contributed by atoms with Crippen molar-refractivity contribution in [3.05, 3.63) is 60.0 Å². The molecule has 2 aliphatic heterocycles. The van der Waals surface area contributed by atoms with E-state index in [0.29, 0.717) is 0 Å². The minimum absolute atomic E-state index is 1.04. The molecule has 2 rings (SSSR count). The van der Waals surface area contributed by atoms with Crippen molar-refractivity contribution in [1.82, 2.24) is 9.80 Å². The van der Waals surface area contributed by atoms with Gasteiger partial charge >= 0.3 is 0 Å². The molecule has 120 valence electrons. The van der Waals surface area contributed by atoms with Gasteiger partial charge in [-0.2, -0.15) is 0 Å². The number of allylic oxidation sites excluding steroid dienone is 6. The molecule has 0 atom stereocenters. The molecule has 2 nitrogen and oxygen atoms in total. The van der Waals surface area contributed by atoms with Gasteiger partial charge in [0.15, 0.2) is 0 Å². The summed E-state index contributed by atoms with van der Waals surface area (Å²) in [6, 6.07) is 0. The van der Waals surface area contributed by atoms with E-state index in [4.69, 9.17) is 0 Å². The molecule has 0 N–H and O–H groups in total. The molecule has 0 spiro atoms. The molecule has 0 unspecified atom stereocenters. The second-order valence-electron chi connectivity index (χ2n) is 6.07. The number of rotatable bonds is 8. The van der Waals surface area contributed by atoms with Gasteiger partial charge in [0, 0.05) is 26.2 Å². The van der Waals surface area contributed by atoms with E-state index in [1.165, 1.54) is 49.9 Å². The second kappa shape index (κ2) is 9.34. The molecule has 0 aromatic carbocycles. The summed E-state index contributed by atoms with van der Waals surface area (Å²) in [5.41, 5.74) is 2.63. The lowest BCUT2D eigenvalue weighted by Gasteiger charge is -2.22. The van der Waals surface area contributed by atoms with Gasteiger partial charge in [0.2, 0.25) is 0 Å². The van der Waals surface area contributed by atoms with E-state index in [-0.39, 0.29) is 0 Å². The Labute approximate surface area is 136 Å². The van der Waals surface area contributed by atoms with E-state index in [2.05, 4.69) is 72.5 Å². The first-order valence-electron chi connectivity index (χ1n) is 8.74. The van der Waals surface area contributed by atoms with Crippen molar-refractivity contribution < 1.29 is 0 Å². The summed E-state index contributed by atoms with van der Waals surface area (Å²) in [6.07, 6.45) is 23.0. The first-order chi connectivity index (χ1) is 10.8. The summed E-state index contributed by atoms with van der Waals surface area (Å²) in [4.78, 5) is 4.76. The molecule has 0 amide bonds. The van der Waals surface area contributed by atoms with E-state index in [9.17, 15) is 0 Å². The lowest BCUT2D eigenvalue weighted by atomic mass is 10.1. The minimum Gasteiger partial charge on any atom is -0.374 e. The highest BCUT2D eigenvalue weighted by molar-refractivity contribution is 5.41. The van der Waals surface area contributed by atoms with Crippen LogP contribution in [-0.2, 0) is 0 Å². The van der Waals surface area contributed by atoms with Gasteiger partial charge in [-0.1, -0.05) is 51.0 Å². The molecule has 0 fully saturated rings. The first kappa shape index (κ1) is 16.7. The minimum atomic E-state index is 1.04. The average molecular weight is 298 g/mol. The Bertz CT molecular complexity index is 436. The molecule has 2 heterocycles. The third-order valence-electron chi connectivity index (χ3n) is 4.14. The molecule has 2 heteroatoms. The lowest BCUT2D eigenvalue weighted by Crippen LogP contribution is -2.21. The largest absolute Gasteiger partial charge is 0.374 e. The van der Waals surface area contributed by atoms with Crippen LogP contribution in [0.4, 0.5) is 0 Å².